The van der Waals surface area contributed by atoms with Crippen molar-refractivity contribution in [3.05, 3.63) is 48.4 Å². The van der Waals surface area contributed by atoms with E-state index < -0.39 is 11.9 Å². The van der Waals surface area contributed by atoms with Gasteiger partial charge in [0.1, 0.15) is 29.4 Å². The maximum atomic E-state index is 16.5. The van der Waals surface area contributed by atoms with Crippen molar-refractivity contribution in [1.29, 1.82) is 0 Å². The fraction of sp³-hybridized carbons (Fsp3) is 0.400. The summed E-state index contributed by atoms with van der Waals surface area (Å²) in [4.78, 5) is 31.5. The molecular weight excluding hydrogens is 527 g/mol. The Morgan fingerprint density at radius 1 is 1.10 bits per heavy atom. The van der Waals surface area contributed by atoms with Crippen LogP contribution in [0.15, 0.2) is 42.6 Å². The fourth-order valence-electron chi connectivity index (χ4n) is 6.75. The number of nitrogens with zero attached hydrogens (tertiary/aromatic N) is 6. The smallest absolute Gasteiger partial charge is 0.407 e. The van der Waals surface area contributed by atoms with Crippen LogP contribution in [-0.4, -0.2) is 92.5 Å². The van der Waals surface area contributed by atoms with Crippen molar-refractivity contribution in [2.45, 2.75) is 43.8 Å². The average molecular weight is 559 g/mol. The first-order valence-corrected chi connectivity index (χ1v) is 14.0. The van der Waals surface area contributed by atoms with Gasteiger partial charge in [0, 0.05) is 30.9 Å². The molecule has 10 nitrogen and oxygen atoms in total. The first-order valence-electron chi connectivity index (χ1n) is 14.0. The summed E-state index contributed by atoms with van der Waals surface area (Å²) in [5.74, 6) is -0.123. The van der Waals surface area contributed by atoms with Gasteiger partial charge in [0.05, 0.1) is 17.5 Å². The molecule has 3 saturated heterocycles. The largest absolute Gasteiger partial charge is 0.508 e. The third-order valence-electron chi connectivity index (χ3n) is 8.82. The topological polar surface area (TPSA) is 115 Å². The zero-order valence-electron chi connectivity index (χ0n) is 22.7. The van der Waals surface area contributed by atoms with E-state index in [0.29, 0.717) is 36.5 Å². The molecule has 3 atom stereocenters. The number of rotatable bonds is 5. The number of likely N-dealkylation sites (tertiary alicyclic amines) is 1. The van der Waals surface area contributed by atoms with Gasteiger partial charge in [0.15, 0.2) is 5.82 Å². The minimum atomic E-state index is -0.912. The Hall–Kier alpha value is -4.25. The highest BCUT2D eigenvalue weighted by Crippen LogP contribution is 2.39. The van der Waals surface area contributed by atoms with E-state index in [9.17, 15) is 15.0 Å². The molecule has 3 aliphatic heterocycles. The van der Waals surface area contributed by atoms with Gasteiger partial charge in [-0.2, -0.15) is 9.97 Å². The van der Waals surface area contributed by atoms with Crippen LogP contribution in [0.25, 0.3) is 32.9 Å². The number of amides is 1. The molecule has 11 heteroatoms. The predicted molar refractivity (Wildman–Crippen MR) is 152 cm³/mol. The van der Waals surface area contributed by atoms with Gasteiger partial charge in [0.25, 0.3) is 0 Å². The number of halogens is 1. The number of phenolic OH excluding ortho intramolecular Hbond substituents is 1. The molecule has 5 heterocycles. The Labute approximate surface area is 236 Å². The molecule has 7 rings (SSSR count). The van der Waals surface area contributed by atoms with Gasteiger partial charge in [-0.1, -0.05) is 24.3 Å². The lowest BCUT2D eigenvalue weighted by atomic mass is 10.00. The molecule has 0 saturated carbocycles. The molecule has 2 unspecified atom stereocenters. The Kier molecular flexibility index (Phi) is 6.26. The Balaban J connectivity index is 1.34. The van der Waals surface area contributed by atoms with Crippen molar-refractivity contribution in [1.82, 2.24) is 24.8 Å². The number of likely N-dealkylation sites (N-methyl/N-ethyl adjacent to an activating group) is 1. The Bertz CT molecular complexity index is 1650. The minimum Gasteiger partial charge on any atom is -0.508 e. The summed E-state index contributed by atoms with van der Waals surface area (Å²) in [6, 6.07) is 10.6. The molecule has 2 aromatic carbocycles. The number of carboxylic acid groups (broad SMARTS) is 1. The second kappa shape index (κ2) is 9.99. The van der Waals surface area contributed by atoms with E-state index in [4.69, 9.17) is 9.72 Å². The number of carbonyl (C=O) groups is 1. The molecule has 212 valence electrons. The monoisotopic (exact) mass is 558 g/mol. The lowest BCUT2D eigenvalue weighted by molar-refractivity contribution is 0.114. The summed E-state index contributed by atoms with van der Waals surface area (Å²) in [5.41, 5.74) is 0.616. The Morgan fingerprint density at radius 3 is 2.61 bits per heavy atom. The molecule has 2 aromatic heterocycles. The molecule has 2 N–H and O–H groups in total. The van der Waals surface area contributed by atoms with Crippen LogP contribution >= 0.6 is 0 Å². The SMILES string of the molecule is CN1CCC[C@H]1COc1nc(N2CC3CCC(C2)N3C(=O)O)c2cnc(-c3cc(O)cc4ccccc34)c(F)c2n1. The quantitative estimate of drug-likeness (QED) is 0.366. The molecule has 0 radical (unpaired) electrons. The van der Waals surface area contributed by atoms with Gasteiger partial charge < -0.3 is 24.7 Å². The number of aromatic hydroxyl groups is 1. The van der Waals surface area contributed by atoms with Crippen molar-refractivity contribution in [2.24, 2.45) is 0 Å². The van der Waals surface area contributed by atoms with E-state index in [1.54, 1.807) is 12.3 Å². The molecule has 2 bridgehead atoms. The summed E-state index contributed by atoms with van der Waals surface area (Å²) in [5, 5.41) is 22.1. The summed E-state index contributed by atoms with van der Waals surface area (Å²) >= 11 is 0. The molecule has 3 fully saturated rings. The maximum Gasteiger partial charge on any atom is 0.407 e. The first-order chi connectivity index (χ1) is 19.9. The first kappa shape index (κ1) is 25.7. The van der Waals surface area contributed by atoms with Crippen molar-refractivity contribution < 1.29 is 24.1 Å². The van der Waals surface area contributed by atoms with Crippen LogP contribution in [0.3, 0.4) is 0 Å². The van der Waals surface area contributed by atoms with Crippen LogP contribution in [0.5, 0.6) is 11.8 Å². The highest BCUT2D eigenvalue weighted by atomic mass is 19.1. The number of anilines is 1. The van der Waals surface area contributed by atoms with Crippen LogP contribution in [0.1, 0.15) is 25.7 Å². The van der Waals surface area contributed by atoms with E-state index in [2.05, 4.69) is 21.9 Å². The second-order valence-corrected chi connectivity index (χ2v) is 11.3. The number of piperazine rings is 1. The summed E-state index contributed by atoms with van der Waals surface area (Å²) in [7, 11) is 2.06. The zero-order chi connectivity index (χ0) is 28.2. The van der Waals surface area contributed by atoms with Crippen LogP contribution in [0, 0.1) is 5.82 Å². The van der Waals surface area contributed by atoms with E-state index in [0.717, 1.165) is 43.0 Å². The zero-order valence-corrected chi connectivity index (χ0v) is 22.7. The number of aromatic nitrogens is 3. The summed E-state index contributed by atoms with van der Waals surface area (Å²) in [6.45, 7) is 2.27. The van der Waals surface area contributed by atoms with Crippen molar-refractivity contribution in [3.63, 3.8) is 0 Å². The number of pyridine rings is 1. The van der Waals surface area contributed by atoms with Crippen molar-refractivity contribution in [2.75, 3.05) is 38.2 Å². The minimum absolute atomic E-state index is 0.0138. The highest BCUT2D eigenvalue weighted by Gasteiger charge is 2.43. The molecule has 3 aliphatic rings. The van der Waals surface area contributed by atoms with E-state index in [1.807, 2.05) is 29.2 Å². The van der Waals surface area contributed by atoms with Gasteiger partial charge in [-0.15, -0.1) is 0 Å². The third-order valence-corrected chi connectivity index (χ3v) is 8.82. The van der Waals surface area contributed by atoms with Crippen LogP contribution in [-0.2, 0) is 0 Å². The van der Waals surface area contributed by atoms with E-state index >= 15 is 4.39 Å². The predicted octanol–water partition coefficient (Wildman–Crippen LogP) is 4.49. The summed E-state index contributed by atoms with van der Waals surface area (Å²) < 4.78 is 22.6. The van der Waals surface area contributed by atoms with E-state index in [-0.39, 0.29) is 41.1 Å². The normalized spacial score (nSPS) is 22.6. The molecular formula is C30H31FN6O4. The Morgan fingerprint density at radius 2 is 1.88 bits per heavy atom. The number of hydrogen-bond donors (Lipinski definition) is 2. The van der Waals surface area contributed by atoms with E-state index in [1.165, 1.54) is 11.0 Å². The van der Waals surface area contributed by atoms with Gasteiger partial charge in [-0.05, 0) is 62.2 Å². The lowest BCUT2D eigenvalue weighted by Crippen LogP contribution is -2.55. The van der Waals surface area contributed by atoms with Gasteiger partial charge in [-0.25, -0.2) is 9.18 Å². The third kappa shape index (κ3) is 4.44. The number of phenols is 1. The van der Waals surface area contributed by atoms with Crippen molar-refractivity contribution in [3.8, 4) is 23.0 Å². The molecule has 41 heavy (non-hydrogen) atoms. The fourth-order valence-corrected chi connectivity index (χ4v) is 6.75. The number of ether oxygens (including phenoxy) is 1. The standard InChI is InChI=1S/C30H31FN6O4/c1-35-10-4-6-20(35)16-41-29-33-27-24(28(34-29)36-14-18-8-9-19(15-36)37(18)30(39)40)13-32-26(25(27)31)23-12-21(38)11-17-5-2-3-7-22(17)23/h2-3,5,7,11-13,18-20,38H,4,6,8-10,14-16H2,1H3,(H,39,40)/t18?,19?,20-/m0/s1. The van der Waals surface area contributed by atoms with Crippen LogP contribution in [0.2, 0.25) is 0 Å². The average Bonchev–Trinajstić information content (AvgIpc) is 3.50. The number of benzene rings is 2. The number of hydrogen-bond acceptors (Lipinski definition) is 8. The van der Waals surface area contributed by atoms with Gasteiger partial charge in [-0.3, -0.25) is 9.88 Å². The van der Waals surface area contributed by atoms with Crippen molar-refractivity contribution >= 4 is 33.6 Å². The molecule has 1 amide bonds. The second-order valence-electron chi connectivity index (χ2n) is 11.3. The van der Waals surface area contributed by atoms with Gasteiger partial charge in [0.2, 0.25) is 0 Å². The molecule has 0 aliphatic carbocycles. The summed E-state index contributed by atoms with van der Waals surface area (Å²) in [6.07, 6.45) is 4.30. The molecule has 4 aromatic rings. The van der Waals surface area contributed by atoms with Crippen LogP contribution in [0.4, 0.5) is 15.0 Å². The van der Waals surface area contributed by atoms with Crippen LogP contribution < -0.4 is 9.64 Å². The van der Waals surface area contributed by atoms with Gasteiger partial charge >= 0.3 is 12.1 Å². The lowest BCUT2D eigenvalue weighted by Gasteiger charge is -2.40. The highest BCUT2D eigenvalue weighted by molar-refractivity contribution is 6.00. The number of fused-ring (bicyclic) bond motifs is 4. The maximum absolute atomic E-state index is 16.5. The molecule has 0 spiro atoms.